The van der Waals surface area contributed by atoms with E-state index in [9.17, 15) is 0 Å². The Bertz CT molecular complexity index is 383. The van der Waals surface area contributed by atoms with E-state index in [1.165, 1.54) is 0 Å². The molecule has 1 aromatic rings. The lowest BCUT2D eigenvalue weighted by Crippen LogP contribution is -2.32. The smallest absolute Gasteiger partial charge is 0.0669 e. The van der Waals surface area contributed by atoms with Gasteiger partial charge in [0.2, 0.25) is 0 Å². The molecule has 1 aliphatic carbocycles. The molecular formula is C14H19N3. The van der Waals surface area contributed by atoms with Crippen LogP contribution in [-0.2, 0) is 6.42 Å². The summed E-state index contributed by atoms with van der Waals surface area (Å²) in [5, 5.41) is 12.1. The molecule has 0 atom stereocenters. The minimum Gasteiger partial charge on any atom is -0.382 e. The molecule has 17 heavy (non-hydrogen) atoms. The van der Waals surface area contributed by atoms with E-state index in [0.29, 0.717) is 18.5 Å². The standard InChI is InChI=1S/C14H19N3/c15-10-9-11-1-5-13(6-2-11)17-14-7-3-12(16)4-8-14/h1-2,5-6,12,14,17H,3-4,7-9,16H2. The van der Waals surface area contributed by atoms with E-state index in [1.807, 2.05) is 12.1 Å². The molecule has 0 unspecified atom stereocenters. The van der Waals surface area contributed by atoms with Crippen LogP contribution in [0.3, 0.4) is 0 Å². The van der Waals surface area contributed by atoms with Crippen molar-refractivity contribution in [1.82, 2.24) is 0 Å². The number of hydrogen-bond acceptors (Lipinski definition) is 3. The molecule has 0 aliphatic heterocycles. The van der Waals surface area contributed by atoms with Crippen LogP contribution in [0.5, 0.6) is 0 Å². The van der Waals surface area contributed by atoms with Gasteiger partial charge in [-0.3, -0.25) is 0 Å². The SMILES string of the molecule is N#CCc1ccc(NC2CCC(N)CC2)cc1. The van der Waals surface area contributed by atoms with Crippen LogP contribution in [0.25, 0.3) is 0 Å². The highest BCUT2D eigenvalue weighted by Gasteiger charge is 2.17. The second kappa shape index (κ2) is 5.70. The molecule has 0 saturated heterocycles. The summed E-state index contributed by atoms with van der Waals surface area (Å²) < 4.78 is 0. The van der Waals surface area contributed by atoms with Crippen LogP contribution in [0, 0.1) is 11.3 Å². The molecule has 90 valence electrons. The van der Waals surface area contributed by atoms with Gasteiger partial charge < -0.3 is 11.1 Å². The highest BCUT2D eigenvalue weighted by Crippen LogP contribution is 2.21. The first-order chi connectivity index (χ1) is 8.28. The number of anilines is 1. The van der Waals surface area contributed by atoms with Crippen molar-refractivity contribution >= 4 is 5.69 Å². The third-order valence-corrected chi connectivity index (χ3v) is 3.38. The number of hydrogen-bond donors (Lipinski definition) is 2. The fourth-order valence-corrected chi connectivity index (χ4v) is 2.31. The highest BCUT2D eigenvalue weighted by atomic mass is 14.9. The number of nitrogens with one attached hydrogen (secondary N) is 1. The van der Waals surface area contributed by atoms with Crippen LogP contribution in [0.2, 0.25) is 0 Å². The fraction of sp³-hybridized carbons (Fsp3) is 0.500. The van der Waals surface area contributed by atoms with Crippen LogP contribution in [-0.4, -0.2) is 12.1 Å². The molecule has 0 bridgehead atoms. The number of nitrogens with two attached hydrogens (primary N) is 1. The molecule has 0 radical (unpaired) electrons. The maximum Gasteiger partial charge on any atom is 0.0669 e. The van der Waals surface area contributed by atoms with Crippen molar-refractivity contribution in [3.63, 3.8) is 0 Å². The van der Waals surface area contributed by atoms with Gasteiger partial charge in [0.1, 0.15) is 0 Å². The average Bonchev–Trinajstić information content (AvgIpc) is 2.35. The summed E-state index contributed by atoms with van der Waals surface area (Å²) in [4.78, 5) is 0. The summed E-state index contributed by atoms with van der Waals surface area (Å²) in [6.07, 6.45) is 5.02. The first-order valence-electron chi connectivity index (χ1n) is 6.26. The van der Waals surface area contributed by atoms with Crippen molar-refractivity contribution in [1.29, 1.82) is 5.26 Å². The lowest BCUT2D eigenvalue weighted by atomic mass is 9.91. The van der Waals surface area contributed by atoms with Crippen molar-refractivity contribution in [3.05, 3.63) is 29.8 Å². The lowest BCUT2D eigenvalue weighted by Gasteiger charge is -2.27. The summed E-state index contributed by atoms with van der Waals surface area (Å²) in [5.74, 6) is 0. The number of nitrogens with zero attached hydrogens (tertiary/aromatic N) is 1. The molecule has 0 heterocycles. The maximum absolute atomic E-state index is 8.60. The van der Waals surface area contributed by atoms with Gasteiger partial charge in [0, 0.05) is 17.8 Å². The van der Waals surface area contributed by atoms with E-state index < -0.39 is 0 Å². The molecule has 1 aliphatic rings. The van der Waals surface area contributed by atoms with Gasteiger partial charge in [0.15, 0.2) is 0 Å². The van der Waals surface area contributed by atoms with Crippen LogP contribution in [0.15, 0.2) is 24.3 Å². The Morgan fingerprint density at radius 1 is 1.18 bits per heavy atom. The minimum atomic E-state index is 0.394. The van der Waals surface area contributed by atoms with Crippen LogP contribution in [0.1, 0.15) is 31.2 Å². The van der Waals surface area contributed by atoms with Gasteiger partial charge in [0.25, 0.3) is 0 Å². The summed E-state index contributed by atoms with van der Waals surface area (Å²) in [7, 11) is 0. The molecule has 1 saturated carbocycles. The van der Waals surface area contributed by atoms with E-state index in [1.54, 1.807) is 0 Å². The first-order valence-corrected chi connectivity index (χ1v) is 6.26. The highest BCUT2D eigenvalue weighted by molar-refractivity contribution is 5.45. The fourth-order valence-electron chi connectivity index (χ4n) is 2.31. The van der Waals surface area contributed by atoms with Gasteiger partial charge in [-0.05, 0) is 43.4 Å². The molecule has 0 spiro atoms. The molecule has 1 aromatic carbocycles. The third-order valence-electron chi connectivity index (χ3n) is 3.38. The number of nitriles is 1. The lowest BCUT2D eigenvalue weighted by molar-refractivity contribution is 0.411. The normalized spacial score (nSPS) is 24.0. The summed E-state index contributed by atoms with van der Waals surface area (Å²) >= 11 is 0. The Labute approximate surface area is 103 Å². The zero-order valence-electron chi connectivity index (χ0n) is 10.0. The predicted octanol–water partition coefficient (Wildman–Crippen LogP) is 2.43. The molecular weight excluding hydrogens is 210 g/mol. The average molecular weight is 229 g/mol. The van der Waals surface area contributed by atoms with Crippen molar-refractivity contribution in [2.45, 2.75) is 44.2 Å². The van der Waals surface area contributed by atoms with Gasteiger partial charge >= 0.3 is 0 Å². The van der Waals surface area contributed by atoms with Gasteiger partial charge in [0.05, 0.1) is 12.5 Å². The van der Waals surface area contributed by atoms with E-state index in [4.69, 9.17) is 11.0 Å². The Kier molecular flexibility index (Phi) is 4.00. The van der Waals surface area contributed by atoms with Gasteiger partial charge in [-0.2, -0.15) is 5.26 Å². The topological polar surface area (TPSA) is 61.8 Å². The molecule has 3 N–H and O–H groups in total. The first kappa shape index (κ1) is 11.9. The monoisotopic (exact) mass is 229 g/mol. The Balaban J connectivity index is 1.88. The second-order valence-electron chi connectivity index (χ2n) is 4.79. The van der Waals surface area contributed by atoms with Gasteiger partial charge in [-0.15, -0.1) is 0 Å². The molecule has 2 rings (SSSR count). The number of rotatable bonds is 3. The Morgan fingerprint density at radius 3 is 2.41 bits per heavy atom. The zero-order chi connectivity index (χ0) is 12.1. The van der Waals surface area contributed by atoms with Crippen molar-refractivity contribution in [3.8, 4) is 6.07 Å². The number of benzene rings is 1. The van der Waals surface area contributed by atoms with Crippen LogP contribution in [0.4, 0.5) is 5.69 Å². The van der Waals surface area contributed by atoms with Crippen LogP contribution < -0.4 is 11.1 Å². The molecule has 0 aromatic heterocycles. The van der Waals surface area contributed by atoms with Gasteiger partial charge in [-0.25, -0.2) is 0 Å². The maximum atomic E-state index is 8.60. The van der Waals surface area contributed by atoms with Crippen molar-refractivity contribution in [2.75, 3.05) is 5.32 Å². The van der Waals surface area contributed by atoms with Crippen molar-refractivity contribution < 1.29 is 0 Å². The molecule has 0 amide bonds. The zero-order valence-corrected chi connectivity index (χ0v) is 10.0. The van der Waals surface area contributed by atoms with Gasteiger partial charge in [-0.1, -0.05) is 12.1 Å². The summed E-state index contributed by atoms with van der Waals surface area (Å²) in [6.45, 7) is 0. The largest absolute Gasteiger partial charge is 0.382 e. The quantitative estimate of drug-likeness (QED) is 0.836. The Hall–Kier alpha value is -1.53. The second-order valence-corrected chi connectivity index (χ2v) is 4.79. The Morgan fingerprint density at radius 2 is 1.82 bits per heavy atom. The molecule has 3 heteroatoms. The van der Waals surface area contributed by atoms with Crippen LogP contribution >= 0.6 is 0 Å². The molecule has 3 nitrogen and oxygen atoms in total. The summed E-state index contributed by atoms with van der Waals surface area (Å²) in [6, 6.07) is 11.2. The summed E-state index contributed by atoms with van der Waals surface area (Å²) in [5.41, 5.74) is 8.10. The predicted molar refractivity (Wildman–Crippen MR) is 69.6 cm³/mol. The molecule has 1 fully saturated rings. The van der Waals surface area contributed by atoms with E-state index in [0.717, 1.165) is 36.9 Å². The van der Waals surface area contributed by atoms with E-state index >= 15 is 0 Å². The van der Waals surface area contributed by atoms with E-state index in [-0.39, 0.29) is 0 Å². The van der Waals surface area contributed by atoms with Crippen molar-refractivity contribution in [2.24, 2.45) is 5.73 Å². The third kappa shape index (κ3) is 3.47. The van der Waals surface area contributed by atoms with E-state index in [2.05, 4.69) is 23.5 Å². The minimum absolute atomic E-state index is 0.394.